The van der Waals surface area contributed by atoms with E-state index in [0.29, 0.717) is 6.04 Å². The van der Waals surface area contributed by atoms with Gasteiger partial charge in [0, 0.05) is 18.9 Å². The van der Waals surface area contributed by atoms with Gasteiger partial charge in [-0.2, -0.15) is 0 Å². The predicted molar refractivity (Wildman–Crippen MR) is 79.2 cm³/mol. The summed E-state index contributed by atoms with van der Waals surface area (Å²) in [6.45, 7) is 8.47. The Bertz CT molecular complexity index is 482. The van der Waals surface area contributed by atoms with Crippen LogP contribution in [0.25, 0.3) is 0 Å². The summed E-state index contributed by atoms with van der Waals surface area (Å²) in [6.07, 6.45) is 6.87. The zero-order valence-electron chi connectivity index (χ0n) is 12.1. The van der Waals surface area contributed by atoms with Crippen LogP contribution in [-0.4, -0.2) is 16.1 Å². The Balaban J connectivity index is 2.20. The molecule has 1 N–H and O–H groups in total. The molecule has 0 spiro atoms. The average Bonchev–Trinajstić information content (AvgIpc) is 2.86. The fraction of sp³-hybridized carbons (Fsp3) is 0.438. The molecule has 3 nitrogen and oxygen atoms in total. The predicted octanol–water partition coefficient (Wildman–Crippen LogP) is 3.24. The molecule has 0 fully saturated rings. The fourth-order valence-corrected chi connectivity index (χ4v) is 2.42. The van der Waals surface area contributed by atoms with Crippen LogP contribution >= 0.6 is 0 Å². The molecule has 0 aliphatic carbocycles. The van der Waals surface area contributed by atoms with Crippen LogP contribution in [0.1, 0.15) is 36.1 Å². The molecule has 0 aliphatic rings. The number of imidazole rings is 1. The second-order valence-electron chi connectivity index (χ2n) is 5.19. The van der Waals surface area contributed by atoms with Crippen molar-refractivity contribution in [1.82, 2.24) is 14.9 Å². The first-order valence-electron chi connectivity index (χ1n) is 6.96. The van der Waals surface area contributed by atoms with E-state index in [2.05, 4.69) is 53.8 Å². The van der Waals surface area contributed by atoms with Crippen molar-refractivity contribution in [2.75, 3.05) is 6.54 Å². The lowest BCUT2D eigenvalue weighted by Crippen LogP contribution is -2.26. The van der Waals surface area contributed by atoms with Crippen molar-refractivity contribution in [3.8, 4) is 0 Å². The summed E-state index contributed by atoms with van der Waals surface area (Å²) in [7, 11) is 0. The highest BCUT2D eigenvalue weighted by molar-refractivity contribution is 5.30. The van der Waals surface area contributed by atoms with Gasteiger partial charge in [0.15, 0.2) is 0 Å². The SMILES string of the molecule is CCCNC(Cn1ccnc1)c1cc(C)cc(C)c1. The van der Waals surface area contributed by atoms with E-state index in [-0.39, 0.29) is 0 Å². The molecule has 102 valence electrons. The summed E-state index contributed by atoms with van der Waals surface area (Å²) in [5, 5.41) is 3.63. The Morgan fingerprint density at radius 1 is 1.21 bits per heavy atom. The van der Waals surface area contributed by atoms with Crippen molar-refractivity contribution >= 4 is 0 Å². The van der Waals surface area contributed by atoms with Crippen molar-refractivity contribution in [3.63, 3.8) is 0 Å². The number of hydrogen-bond acceptors (Lipinski definition) is 2. The topological polar surface area (TPSA) is 29.9 Å². The molecule has 0 saturated heterocycles. The molecule has 0 aliphatic heterocycles. The van der Waals surface area contributed by atoms with Crippen LogP contribution in [0.15, 0.2) is 36.9 Å². The average molecular weight is 257 g/mol. The van der Waals surface area contributed by atoms with Gasteiger partial charge in [0.1, 0.15) is 0 Å². The summed E-state index contributed by atoms with van der Waals surface area (Å²) >= 11 is 0. The van der Waals surface area contributed by atoms with Gasteiger partial charge in [-0.25, -0.2) is 4.98 Å². The molecule has 0 amide bonds. The van der Waals surface area contributed by atoms with E-state index in [1.165, 1.54) is 16.7 Å². The maximum Gasteiger partial charge on any atom is 0.0946 e. The number of nitrogens with zero attached hydrogens (tertiary/aromatic N) is 2. The highest BCUT2D eigenvalue weighted by atomic mass is 15.1. The Morgan fingerprint density at radius 2 is 1.95 bits per heavy atom. The van der Waals surface area contributed by atoms with E-state index in [1.807, 2.05) is 18.7 Å². The Morgan fingerprint density at radius 3 is 2.53 bits per heavy atom. The maximum absolute atomic E-state index is 4.12. The van der Waals surface area contributed by atoms with Crippen molar-refractivity contribution in [2.24, 2.45) is 0 Å². The molecule has 0 bridgehead atoms. The van der Waals surface area contributed by atoms with Gasteiger partial charge in [-0.15, -0.1) is 0 Å². The minimum absolute atomic E-state index is 0.341. The van der Waals surface area contributed by atoms with Gasteiger partial charge in [-0.3, -0.25) is 0 Å². The second-order valence-corrected chi connectivity index (χ2v) is 5.19. The molecule has 1 aromatic carbocycles. The van der Waals surface area contributed by atoms with Gasteiger partial charge in [-0.05, 0) is 32.4 Å². The van der Waals surface area contributed by atoms with Crippen molar-refractivity contribution < 1.29 is 0 Å². The van der Waals surface area contributed by atoms with Crippen LogP contribution < -0.4 is 5.32 Å². The first-order chi connectivity index (χ1) is 9.19. The lowest BCUT2D eigenvalue weighted by atomic mass is 10.0. The third-order valence-electron chi connectivity index (χ3n) is 3.24. The summed E-state index contributed by atoms with van der Waals surface area (Å²) in [5.41, 5.74) is 4.01. The number of nitrogens with one attached hydrogen (secondary N) is 1. The van der Waals surface area contributed by atoms with Gasteiger partial charge in [0.05, 0.1) is 12.4 Å². The largest absolute Gasteiger partial charge is 0.336 e. The Kier molecular flexibility index (Phi) is 4.74. The number of rotatable bonds is 6. The quantitative estimate of drug-likeness (QED) is 0.861. The molecular formula is C16H23N3. The van der Waals surface area contributed by atoms with Gasteiger partial charge < -0.3 is 9.88 Å². The highest BCUT2D eigenvalue weighted by Gasteiger charge is 2.12. The molecule has 1 heterocycles. The summed E-state index contributed by atoms with van der Waals surface area (Å²) in [6, 6.07) is 7.11. The third kappa shape index (κ3) is 3.93. The highest BCUT2D eigenvalue weighted by Crippen LogP contribution is 2.19. The van der Waals surface area contributed by atoms with E-state index in [0.717, 1.165) is 19.5 Å². The van der Waals surface area contributed by atoms with Gasteiger partial charge >= 0.3 is 0 Å². The van der Waals surface area contributed by atoms with Crippen molar-refractivity contribution in [3.05, 3.63) is 53.6 Å². The lowest BCUT2D eigenvalue weighted by Gasteiger charge is -2.20. The molecule has 3 heteroatoms. The molecule has 1 aromatic heterocycles. The van der Waals surface area contributed by atoms with E-state index < -0.39 is 0 Å². The summed E-state index contributed by atoms with van der Waals surface area (Å²) < 4.78 is 2.13. The summed E-state index contributed by atoms with van der Waals surface area (Å²) in [4.78, 5) is 4.12. The second kappa shape index (κ2) is 6.53. The number of hydrogen-bond donors (Lipinski definition) is 1. The number of aryl methyl sites for hydroxylation is 2. The minimum atomic E-state index is 0.341. The maximum atomic E-state index is 4.12. The van der Waals surface area contributed by atoms with E-state index in [1.54, 1.807) is 0 Å². The molecule has 2 rings (SSSR count). The van der Waals surface area contributed by atoms with Gasteiger partial charge in [0.2, 0.25) is 0 Å². The van der Waals surface area contributed by atoms with E-state index in [9.17, 15) is 0 Å². The Labute approximate surface area is 115 Å². The smallest absolute Gasteiger partial charge is 0.0946 e. The first kappa shape index (κ1) is 13.8. The van der Waals surface area contributed by atoms with Gasteiger partial charge in [-0.1, -0.05) is 36.2 Å². The first-order valence-corrected chi connectivity index (χ1v) is 6.96. The molecule has 0 saturated carbocycles. The van der Waals surface area contributed by atoms with Crippen molar-refractivity contribution in [1.29, 1.82) is 0 Å². The van der Waals surface area contributed by atoms with E-state index >= 15 is 0 Å². The van der Waals surface area contributed by atoms with Crippen LogP contribution in [0.2, 0.25) is 0 Å². The molecule has 1 atom stereocenters. The minimum Gasteiger partial charge on any atom is -0.336 e. The van der Waals surface area contributed by atoms with Gasteiger partial charge in [0.25, 0.3) is 0 Å². The standard InChI is InChI=1S/C16H23N3/c1-4-5-18-16(11-19-7-6-17-12-19)15-9-13(2)8-14(3)10-15/h6-10,12,16,18H,4-5,11H2,1-3H3. The van der Waals surface area contributed by atoms with Crippen LogP contribution in [0, 0.1) is 13.8 Å². The van der Waals surface area contributed by atoms with Crippen LogP contribution in [0.5, 0.6) is 0 Å². The third-order valence-corrected chi connectivity index (χ3v) is 3.24. The van der Waals surface area contributed by atoms with E-state index in [4.69, 9.17) is 0 Å². The molecule has 0 radical (unpaired) electrons. The number of aromatic nitrogens is 2. The molecule has 1 unspecified atom stereocenters. The Hall–Kier alpha value is -1.61. The monoisotopic (exact) mass is 257 g/mol. The van der Waals surface area contributed by atoms with Crippen LogP contribution in [-0.2, 0) is 6.54 Å². The van der Waals surface area contributed by atoms with Crippen LogP contribution in [0.4, 0.5) is 0 Å². The molecular weight excluding hydrogens is 234 g/mol. The summed E-state index contributed by atoms with van der Waals surface area (Å²) in [5.74, 6) is 0. The van der Waals surface area contributed by atoms with Crippen molar-refractivity contribution in [2.45, 2.75) is 39.8 Å². The van der Waals surface area contributed by atoms with Crippen LogP contribution in [0.3, 0.4) is 0 Å². The lowest BCUT2D eigenvalue weighted by molar-refractivity contribution is 0.462. The molecule has 19 heavy (non-hydrogen) atoms. The molecule has 2 aromatic rings. The zero-order valence-corrected chi connectivity index (χ0v) is 12.1. The fourth-order valence-electron chi connectivity index (χ4n) is 2.42. The normalized spacial score (nSPS) is 12.6. The zero-order chi connectivity index (χ0) is 13.7. The number of benzene rings is 1.